The van der Waals surface area contributed by atoms with E-state index in [-0.39, 0.29) is 5.69 Å². The van der Waals surface area contributed by atoms with E-state index in [9.17, 15) is 10.1 Å². The van der Waals surface area contributed by atoms with Crippen LogP contribution in [0.5, 0.6) is 0 Å². The maximum atomic E-state index is 10.9. The van der Waals surface area contributed by atoms with Crippen molar-refractivity contribution in [3.05, 3.63) is 67.2 Å². The summed E-state index contributed by atoms with van der Waals surface area (Å²) in [7, 11) is 0. The van der Waals surface area contributed by atoms with Gasteiger partial charge in [0, 0.05) is 25.2 Å². The third kappa shape index (κ3) is 2.64. The topological polar surface area (TPSA) is 46.4 Å². The van der Waals surface area contributed by atoms with Crippen LogP contribution in [0.4, 0.5) is 11.4 Å². The van der Waals surface area contributed by atoms with Crippen LogP contribution in [-0.2, 0) is 13.0 Å². The van der Waals surface area contributed by atoms with Crippen molar-refractivity contribution in [3.8, 4) is 0 Å². The van der Waals surface area contributed by atoms with Gasteiger partial charge in [0.05, 0.1) is 20.7 Å². The monoisotopic (exact) mass is 336 g/mol. The highest BCUT2D eigenvalue weighted by atomic mass is 35.5. The number of fused-ring (bicyclic) bond motifs is 1. The van der Waals surface area contributed by atoms with Gasteiger partial charge in [-0.05, 0) is 30.0 Å². The fourth-order valence-electron chi connectivity index (χ4n) is 2.95. The molecule has 0 unspecified atom stereocenters. The van der Waals surface area contributed by atoms with Gasteiger partial charge in [-0.1, -0.05) is 41.4 Å². The predicted octanol–water partition coefficient (Wildman–Crippen LogP) is 4.77. The molecule has 0 N–H and O–H groups in total. The van der Waals surface area contributed by atoms with Crippen LogP contribution in [-0.4, -0.2) is 11.5 Å². The van der Waals surface area contributed by atoms with Crippen molar-refractivity contribution in [2.24, 2.45) is 0 Å². The Bertz CT molecular complexity index is 739. The van der Waals surface area contributed by atoms with E-state index >= 15 is 0 Å². The zero-order valence-corrected chi connectivity index (χ0v) is 13.5. The molecular weight excluding hydrogens is 323 g/mol. The first kappa shape index (κ1) is 15.1. The molecule has 2 aromatic rings. The van der Waals surface area contributed by atoms with Gasteiger partial charge in [-0.2, -0.15) is 0 Å². The van der Waals surface area contributed by atoms with Crippen LogP contribution in [0.2, 0.25) is 10.0 Å². The van der Waals surface area contributed by atoms with Crippen molar-refractivity contribution in [3.63, 3.8) is 0 Å². The van der Waals surface area contributed by atoms with Crippen molar-refractivity contribution < 1.29 is 4.92 Å². The van der Waals surface area contributed by atoms with E-state index in [2.05, 4.69) is 24.0 Å². The minimum Gasteiger partial charge on any atom is -0.364 e. The van der Waals surface area contributed by atoms with E-state index in [1.54, 1.807) is 0 Å². The summed E-state index contributed by atoms with van der Waals surface area (Å²) in [6, 6.07) is 8.96. The summed E-state index contributed by atoms with van der Waals surface area (Å²) in [5.74, 6) is 0. The fraction of sp³-hybridized carbons (Fsp3) is 0.250. The Balaban J connectivity index is 1.98. The molecule has 6 heteroatoms. The maximum absolute atomic E-state index is 10.9. The van der Waals surface area contributed by atoms with Gasteiger partial charge in [-0.15, -0.1) is 0 Å². The number of hydrogen-bond acceptors (Lipinski definition) is 3. The summed E-state index contributed by atoms with van der Waals surface area (Å²) in [4.78, 5) is 12.5. The van der Waals surface area contributed by atoms with Gasteiger partial charge >= 0.3 is 0 Å². The third-order valence-electron chi connectivity index (χ3n) is 4.03. The highest BCUT2D eigenvalue weighted by molar-refractivity contribution is 6.39. The van der Waals surface area contributed by atoms with Crippen molar-refractivity contribution in [1.82, 2.24) is 0 Å². The molecule has 0 saturated carbocycles. The van der Waals surface area contributed by atoms with Crippen LogP contribution >= 0.6 is 23.2 Å². The number of non-ortho nitro benzene ring substituents is 1. The Labute approximate surface area is 138 Å². The first-order valence-corrected chi connectivity index (χ1v) is 7.68. The van der Waals surface area contributed by atoms with Gasteiger partial charge in [0.1, 0.15) is 0 Å². The standard InChI is InChI=1S/C16H14Cl2N2O2/c1-10-3-2-4-11-9-19(6-5-13(10)11)16-14(17)7-12(20(21)22)8-15(16)18/h2-4,7-8H,5-6,9H2,1H3. The van der Waals surface area contributed by atoms with E-state index < -0.39 is 4.92 Å². The fourth-order valence-corrected chi connectivity index (χ4v) is 3.67. The van der Waals surface area contributed by atoms with Crippen molar-refractivity contribution >= 4 is 34.6 Å². The maximum Gasteiger partial charge on any atom is 0.272 e. The Morgan fingerprint density at radius 2 is 1.91 bits per heavy atom. The summed E-state index contributed by atoms with van der Waals surface area (Å²) >= 11 is 12.5. The summed E-state index contributed by atoms with van der Waals surface area (Å²) in [6.07, 6.45) is 0.908. The van der Waals surface area contributed by atoms with Gasteiger partial charge in [-0.3, -0.25) is 10.1 Å². The first-order valence-electron chi connectivity index (χ1n) is 6.93. The van der Waals surface area contributed by atoms with E-state index in [0.717, 1.165) is 13.0 Å². The molecule has 3 rings (SSSR count). The molecule has 22 heavy (non-hydrogen) atoms. The predicted molar refractivity (Wildman–Crippen MR) is 89.0 cm³/mol. The number of benzene rings is 2. The average molecular weight is 337 g/mol. The summed E-state index contributed by atoms with van der Waals surface area (Å²) in [6.45, 7) is 3.60. The van der Waals surface area contributed by atoms with E-state index in [1.165, 1.54) is 28.8 Å². The van der Waals surface area contributed by atoms with E-state index in [4.69, 9.17) is 23.2 Å². The van der Waals surface area contributed by atoms with Crippen LogP contribution in [0, 0.1) is 17.0 Å². The molecule has 0 aromatic heterocycles. The Kier molecular flexibility index (Phi) is 3.98. The first-order chi connectivity index (χ1) is 10.5. The molecule has 0 saturated heterocycles. The minimum atomic E-state index is -0.490. The van der Waals surface area contributed by atoms with Crippen molar-refractivity contribution in [1.29, 1.82) is 0 Å². The molecule has 1 aliphatic heterocycles. The second-order valence-corrected chi connectivity index (χ2v) is 6.21. The molecular formula is C16H14Cl2N2O2. The Morgan fingerprint density at radius 3 is 2.55 bits per heavy atom. The number of nitro groups is 1. The Morgan fingerprint density at radius 1 is 1.23 bits per heavy atom. The number of aryl methyl sites for hydroxylation is 1. The molecule has 0 spiro atoms. The zero-order chi connectivity index (χ0) is 15.9. The number of hydrogen-bond donors (Lipinski definition) is 0. The quantitative estimate of drug-likeness (QED) is 0.586. The molecule has 0 fully saturated rings. The van der Waals surface area contributed by atoms with Crippen LogP contribution in [0.1, 0.15) is 16.7 Å². The van der Waals surface area contributed by atoms with Gasteiger partial charge < -0.3 is 4.90 Å². The lowest BCUT2D eigenvalue weighted by Crippen LogP contribution is -2.31. The van der Waals surface area contributed by atoms with Gasteiger partial charge in [0.25, 0.3) is 5.69 Å². The van der Waals surface area contributed by atoms with Gasteiger partial charge in [0.2, 0.25) is 0 Å². The van der Waals surface area contributed by atoms with Crippen LogP contribution in [0.15, 0.2) is 30.3 Å². The molecule has 1 aliphatic rings. The average Bonchev–Trinajstić information content (AvgIpc) is 2.46. The molecule has 1 heterocycles. The molecule has 2 aromatic carbocycles. The zero-order valence-electron chi connectivity index (χ0n) is 12.0. The summed E-state index contributed by atoms with van der Waals surface area (Å²) in [5.41, 5.74) is 4.48. The van der Waals surface area contributed by atoms with E-state index in [1.807, 2.05) is 6.07 Å². The largest absolute Gasteiger partial charge is 0.364 e. The highest BCUT2D eigenvalue weighted by Gasteiger charge is 2.23. The lowest BCUT2D eigenvalue weighted by molar-refractivity contribution is -0.384. The number of rotatable bonds is 2. The highest BCUT2D eigenvalue weighted by Crippen LogP contribution is 2.39. The van der Waals surface area contributed by atoms with Crippen molar-refractivity contribution in [2.75, 3.05) is 11.4 Å². The lowest BCUT2D eigenvalue weighted by Gasteiger charge is -2.32. The molecule has 0 bridgehead atoms. The second kappa shape index (κ2) is 5.78. The number of anilines is 1. The van der Waals surface area contributed by atoms with Crippen molar-refractivity contribution in [2.45, 2.75) is 19.9 Å². The SMILES string of the molecule is Cc1cccc2c1CCN(c1c(Cl)cc([N+](=O)[O-])cc1Cl)C2. The third-order valence-corrected chi connectivity index (χ3v) is 4.61. The normalized spacial score (nSPS) is 13.9. The molecule has 0 amide bonds. The number of nitrogens with zero attached hydrogens (tertiary/aromatic N) is 2. The molecule has 0 atom stereocenters. The van der Waals surface area contributed by atoms with Gasteiger partial charge in [-0.25, -0.2) is 0 Å². The lowest BCUT2D eigenvalue weighted by atomic mass is 9.95. The van der Waals surface area contributed by atoms with Gasteiger partial charge in [0.15, 0.2) is 0 Å². The van der Waals surface area contributed by atoms with Crippen LogP contribution in [0.3, 0.4) is 0 Å². The minimum absolute atomic E-state index is 0.0907. The van der Waals surface area contributed by atoms with E-state index in [0.29, 0.717) is 22.3 Å². The Hall–Kier alpha value is -1.78. The molecule has 0 aliphatic carbocycles. The smallest absolute Gasteiger partial charge is 0.272 e. The summed E-state index contributed by atoms with van der Waals surface area (Å²) in [5, 5.41) is 11.5. The molecule has 0 radical (unpaired) electrons. The molecule has 4 nitrogen and oxygen atoms in total. The molecule has 114 valence electrons. The number of halogens is 2. The number of nitro benzene ring substituents is 1. The second-order valence-electron chi connectivity index (χ2n) is 5.40. The summed E-state index contributed by atoms with van der Waals surface area (Å²) < 4.78 is 0. The van der Waals surface area contributed by atoms with Crippen LogP contribution < -0.4 is 4.90 Å². The van der Waals surface area contributed by atoms with Crippen LogP contribution in [0.25, 0.3) is 0 Å².